The minimum Gasteiger partial charge on any atom is -0.509 e. The van der Waals surface area contributed by atoms with Crippen LogP contribution < -0.4 is 5.32 Å². The Morgan fingerprint density at radius 3 is 2.52 bits per heavy atom. The fourth-order valence-electron chi connectivity index (χ4n) is 2.88. The Bertz CT molecular complexity index is 913. The summed E-state index contributed by atoms with van der Waals surface area (Å²) in [6, 6.07) is -1.06. The number of fused-ring (bicyclic) bond motifs is 1. The number of halogens is 1. The van der Waals surface area contributed by atoms with Crippen molar-refractivity contribution in [3.05, 3.63) is 27.6 Å². The van der Waals surface area contributed by atoms with E-state index in [0.29, 0.717) is 11.3 Å². The van der Waals surface area contributed by atoms with Crippen LogP contribution in [0.15, 0.2) is 27.9 Å². The van der Waals surface area contributed by atoms with Crippen molar-refractivity contribution in [2.24, 2.45) is 10.6 Å². The molecule has 2 aliphatic rings. The number of thioether (sulfide) groups is 1. The van der Waals surface area contributed by atoms with Crippen molar-refractivity contribution in [1.29, 1.82) is 0 Å². The van der Waals surface area contributed by atoms with Crippen LogP contribution in [0.3, 0.4) is 0 Å². The zero-order chi connectivity index (χ0) is 24.9. The van der Waals surface area contributed by atoms with Gasteiger partial charge in [-0.1, -0.05) is 15.9 Å². The standard InChI is InChI=1S/C19H24BrN3O9S/c1-19(2,3)18(28)32-8-31-17(27)13-9(6-30-4)7-33-16-12(15(26)23(13)16)21-14(25)11(22-29)10(24)5-20/h12,16,24H,5-8H2,1-4H3,(H,21,25)/t12?,16-/m0/s1. The van der Waals surface area contributed by atoms with Gasteiger partial charge >= 0.3 is 11.9 Å². The van der Waals surface area contributed by atoms with E-state index in [0.717, 1.165) is 4.90 Å². The summed E-state index contributed by atoms with van der Waals surface area (Å²) in [5, 5.41) is 13.6. The van der Waals surface area contributed by atoms with Crippen LogP contribution in [-0.2, 0) is 33.4 Å². The Kier molecular flexibility index (Phi) is 9.03. The van der Waals surface area contributed by atoms with Crippen LogP contribution in [0.1, 0.15) is 20.8 Å². The predicted molar refractivity (Wildman–Crippen MR) is 120 cm³/mol. The second-order valence-electron chi connectivity index (χ2n) is 8.00. The van der Waals surface area contributed by atoms with Gasteiger partial charge in [-0.05, 0) is 31.5 Å². The molecule has 0 aliphatic carbocycles. The number of allylic oxidation sites excluding steroid dienone is 1. The van der Waals surface area contributed by atoms with Crippen molar-refractivity contribution in [1.82, 2.24) is 10.2 Å². The quantitative estimate of drug-likeness (QED) is 0.0815. The molecule has 2 amide bonds. The van der Waals surface area contributed by atoms with Crippen molar-refractivity contribution < 1.29 is 38.5 Å². The maximum Gasteiger partial charge on any atom is 0.358 e. The van der Waals surface area contributed by atoms with Crippen LogP contribution in [0.25, 0.3) is 0 Å². The molecule has 0 aromatic rings. The molecule has 2 aliphatic heterocycles. The summed E-state index contributed by atoms with van der Waals surface area (Å²) >= 11 is 4.17. The molecule has 1 fully saturated rings. The van der Waals surface area contributed by atoms with Gasteiger partial charge in [-0.15, -0.1) is 16.7 Å². The number of nitroso groups, excluding NO2 is 1. The molecule has 14 heteroatoms. The number of carbonyl (C=O) groups is 4. The molecule has 1 saturated heterocycles. The minimum atomic E-state index is -1.06. The third kappa shape index (κ3) is 5.92. The number of rotatable bonds is 9. The molecular formula is C19H24BrN3O9S. The molecule has 2 rings (SSSR count). The highest BCUT2D eigenvalue weighted by molar-refractivity contribution is 9.09. The number of β-lactam (4-membered cyclic amide) rings is 1. The van der Waals surface area contributed by atoms with E-state index in [1.807, 2.05) is 0 Å². The smallest absolute Gasteiger partial charge is 0.358 e. The SMILES string of the molecule is COCC1=C(C(=O)OCOC(=O)C(C)(C)C)N2C(=O)C(NC(=O)C(N=O)=C(O)CBr)[C@@H]2SC1. The third-order valence-electron chi connectivity index (χ3n) is 4.54. The fraction of sp³-hybridized carbons (Fsp3) is 0.579. The Hall–Kier alpha value is -2.45. The number of aliphatic hydroxyl groups excluding tert-OH is 1. The van der Waals surface area contributed by atoms with Gasteiger partial charge in [-0.2, -0.15) is 0 Å². The number of nitrogens with zero attached hydrogens (tertiary/aromatic N) is 2. The van der Waals surface area contributed by atoms with Crippen molar-refractivity contribution in [3.63, 3.8) is 0 Å². The zero-order valence-corrected chi connectivity index (χ0v) is 20.8. The van der Waals surface area contributed by atoms with E-state index >= 15 is 0 Å². The average Bonchev–Trinajstić information content (AvgIpc) is 2.76. The lowest BCUT2D eigenvalue weighted by molar-refractivity contribution is -0.173. The van der Waals surface area contributed by atoms with E-state index in [9.17, 15) is 29.2 Å². The first kappa shape index (κ1) is 26.8. The highest BCUT2D eigenvalue weighted by atomic mass is 79.9. The molecule has 0 aromatic carbocycles. The van der Waals surface area contributed by atoms with Gasteiger partial charge in [-0.25, -0.2) is 4.79 Å². The summed E-state index contributed by atoms with van der Waals surface area (Å²) < 4.78 is 15.1. The van der Waals surface area contributed by atoms with Gasteiger partial charge in [0.2, 0.25) is 12.5 Å². The van der Waals surface area contributed by atoms with Crippen LogP contribution in [0.2, 0.25) is 0 Å². The lowest BCUT2D eigenvalue weighted by Gasteiger charge is -2.49. The summed E-state index contributed by atoms with van der Waals surface area (Å²) in [5.41, 5.74) is -1.12. The number of amides is 2. The molecule has 0 spiro atoms. The second kappa shape index (κ2) is 11.1. The molecule has 0 saturated carbocycles. The molecule has 33 heavy (non-hydrogen) atoms. The number of carbonyl (C=O) groups excluding carboxylic acids is 4. The normalized spacial score (nSPS) is 20.9. The van der Waals surface area contributed by atoms with Gasteiger partial charge in [0.15, 0.2) is 0 Å². The Morgan fingerprint density at radius 2 is 1.97 bits per heavy atom. The van der Waals surface area contributed by atoms with E-state index in [-0.39, 0.29) is 17.6 Å². The van der Waals surface area contributed by atoms with Crippen molar-refractivity contribution >= 4 is 51.4 Å². The average molecular weight is 550 g/mol. The minimum absolute atomic E-state index is 0.0494. The zero-order valence-electron chi connectivity index (χ0n) is 18.4. The van der Waals surface area contributed by atoms with E-state index in [4.69, 9.17) is 14.2 Å². The first-order chi connectivity index (χ1) is 15.5. The van der Waals surface area contributed by atoms with E-state index in [1.165, 1.54) is 18.9 Å². The first-order valence-electron chi connectivity index (χ1n) is 9.60. The lowest BCUT2D eigenvalue weighted by Crippen LogP contribution is -2.70. The van der Waals surface area contributed by atoms with Gasteiger partial charge in [0.1, 0.15) is 22.9 Å². The summed E-state index contributed by atoms with van der Waals surface area (Å²) in [6.45, 7) is 4.35. The van der Waals surface area contributed by atoms with E-state index in [2.05, 4.69) is 26.4 Å². The third-order valence-corrected chi connectivity index (χ3v) is 6.42. The molecule has 2 heterocycles. The van der Waals surface area contributed by atoms with Crippen LogP contribution >= 0.6 is 27.7 Å². The number of esters is 2. The second-order valence-corrected chi connectivity index (χ2v) is 9.66. The van der Waals surface area contributed by atoms with Crippen LogP contribution in [0, 0.1) is 10.3 Å². The number of alkyl halides is 1. The number of aliphatic hydroxyl groups is 1. The lowest BCUT2D eigenvalue weighted by atomic mass is 9.98. The molecular weight excluding hydrogens is 526 g/mol. The predicted octanol–water partition coefficient (Wildman–Crippen LogP) is 1.31. The summed E-state index contributed by atoms with van der Waals surface area (Å²) in [7, 11) is 1.43. The maximum atomic E-state index is 12.8. The Balaban J connectivity index is 2.15. The van der Waals surface area contributed by atoms with Gasteiger partial charge in [0.05, 0.1) is 17.4 Å². The molecule has 0 bridgehead atoms. The molecule has 12 nitrogen and oxygen atoms in total. The summed E-state index contributed by atoms with van der Waals surface area (Å²) in [4.78, 5) is 61.7. The number of hydrogen-bond donors (Lipinski definition) is 2. The molecule has 2 atom stereocenters. The highest BCUT2D eigenvalue weighted by Gasteiger charge is 2.54. The van der Waals surface area contributed by atoms with E-state index < -0.39 is 58.8 Å². The molecule has 182 valence electrons. The molecule has 2 N–H and O–H groups in total. The summed E-state index contributed by atoms with van der Waals surface area (Å²) in [6.07, 6.45) is 0. The highest BCUT2D eigenvalue weighted by Crippen LogP contribution is 2.40. The van der Waals surface area contributed by atoms with Gasteiger partial charge in [-0.3, -0.25) is 19.3 Å². The van der Waals surface area contributed by atoms with Gasteiger partial charge in [0, 0.05) is 12.9 Å². The monoisotopic (exact) mass is 549 g/mol. The van der Waals surface area contributed by atoms with Gasteiger partial charge in [0.25, 0.3) is 11.8 Å². The van der Waals surface area contributed by atoms with E-state index in [1.54, 1.807) is 20.8 Å². The number of hydrogen-bond acceptors (Lipinski definition) is 11. The largest absolute Gasteiger partial charge is 0.509 e. The number of ether oxygens (including phenoxy) is 3. The van der Waals surface area contributed by atoms with Gasteiger partial charge < -0.3 is 24.6 Å². The van der Waals surface area contributed by atoms with Crippen molar-refractivity contribution in [3.8, 4) is 0 Å². The fourth-order valence-corrected chi connectivity index (χ4v) is 4.47. The number of methoxy groups -OCH3 is 1. The van der Waals surface area contributed by atoms with Crippen LogP contribution in [-0.4, -0.2) is 76.8 Å². The Labute approximate surface area is 202 Å². The molecule has 0 aromatic heterocycles. The number of nitrogens with one attached hydrogen (secondary N) is 1. The van der Waals surface area contributed by atoms with Crippen molar-refractivity contribution in [2.75, 3.05) is 31.6 Å². The first-order valence-corrected chi connectivity index (χ1v) is 11.8. The topological polar surface area (TPSA) is 161 Å². The molecule has 1 unspecified atom stereocenters. The van der Waals surface area contributed by atoms with Crippen LogP contribution in [0.5, 0.6) is 0 Å². The maximum absolute atomic E-state index is 12.8. The van der Waals surface area contributed by atoms with Crippen LogP contribution in [0.4, 0.5) is 0 Å². The summed E-state index contributed by atoms with van der Waals surface area (Å²) in [5.74, 6) is -3.40. The Morgan fingerprint density at radius 1 is 1.30 bits per heavy atom. The molecule has 0 radical (unpaired) electrons. The van der Waals surface area contributed by atoms with Crippen molar-refractivity contribution in [2.45, 2.75) is 32.2 Å².